The highest BCUT2D eigenvalue weighted by molar-refractivity contribution is 7.90. The van der Waals surface area contributed by atoms with E-state index < -0.39 is 22.2 Å². The van der Waals surface area contributed by atoms with Crippen LogP contribution in [0.2, 0.25) is 0 Å². The second-order valence-corrected chi connectivity index (χ2v) is 12.8. The monoisotopic (exact) mass is 647 g/mol. The minimum Gasteiger partial charge on any atom is -0.344 e. The van der Waals surface area contributed by atoms with Crippen LogP contribution in [0.4, 0.5) is 5.82 Å². The van der Waals surface area contributed by atoms with Crippen molar-refractivity contribution < 1.29 is 13.2 Å². The van der Waals surface area contributed by atoms with E-state index in [-0.39, 0.29) is 22.6 Å². The number of carbonyl (C=O) groups excluding carboxylic acids is 1. The average molecular weight is 648 g/mol. The van der Waals surface area contributed by atoms with Crippen LogP contribution in [0.3, 0.4) is 0 Å². The van der Waals surface area contributed by atoms with Gasteiger partial charge in [0.2, 0.25) is 0 Å². The zero-order chi connectivity index (χ0) is 32.9. The maximum atomic E-state index is 14.6. The minimum atomic E-state index is -4.00. The Balaban J connectivity index is 1.39. The first-order chi connectivity index (χ1) is 22.6. The lowest BCUT2D eigenvalue weighted by Crippen LogP contribution is -2.34. The third-order valence-electron chi connectivity index (χ3n) is 8.15. The zero-order valence-corrected chi connectivity index (χ0v) is 26.5. The smallest absolute Gasteiger partial charge is 0.300 e. The average Bonchev–Trinajstić information content (AvgIpc) is 3.78. The Kier molecular flexibility index (Phi) is 7.34. The predicted octanol–water partition coefficient (Wildman–Crippen LogP) is 2.63. The fraction of sp³-hybridized carbons (Fsp3) is 0.182. The molecule has 47 heavy (non-hydrogen) atoms. The SMILES string of the molecule is CNS(=O)(=O)Nc1nn2cccnc2c1C(=O)NC(C)c1c2c3c(ccc(C#Cc4cnn(C)c4)c3c(=O)n1-c1ccccc1)CC2. The van der Waals surface area contributed by atoms with E-state index >= 15 is 0 Å². The third-order valence-corrected chi connectivity index (χ3v) is 9.15. The number of aromatic nitrogens is 6. The quantitative estimate of drug-likeness (QED) is 0.225. The molecule has 3 N–H and O–H groups in total. The molecule has 4 aromatic heterocycles. The molecule has 4 heterocycles. The van der Waals surface area contributed by atoms with Crippen LogP contribution < -0.4 is 20.3 Å². The Morgan fingerprint density at radius 3 is 2.60 bits per heavy atom. The molecule has 0 saturated carbocycles. The van der Waals surface area contributed by atoms with Crippen LogP contribution in [0.25, 0.3) is 22.1 Å². The molecule has 0 aliphatic heterocycles. The van der Waals surface area contributed by atoms with E-state index in [1.165, 1.54) is 17.8 Å². The Labute approximate surface area is 269 Å². The van der Waals surface area contributed by atoms with E-state index in [1.807, 2.05) is 55.7 Å². The fourth-order valence-electron chi connectivity index (χ4n) is 6.12. The standard InChI is InChI=1S/C33H29N9O4S/c1-20(37-32(43)28-30(39-47(45,46)34-2)38-41-17-7-16-35-31(28)41)29-25-15-14-22-12-13-23(11-10-21-18-36-40(3)19-21)27(26(22)25)33(44)42(29)24-8-5-4-6-9-24/h4-9,12-13,16-20,34H,14-15H2,1-3H3,(H,37,43)(H,38,39). The van der Waals surface area contributed by atoms with E-state index in [9.17, 15) is 18.0 Å². The van der Waals surface area contributed by atoms with Gasteiger partial charge < -0.3 is 5.32 Å². The molecule has 0 spiro atoms. The van der Waals surface area contributed by atoms with Crippen molar-refractivity contribution in [2.45, 2.75) is 25.8 Å². The van der Waals surface area contributed by atoms with Crippen LogP contribution in [-0.4, -0.2) is 50.3 Å². The van der Waals surface area contributed by atoms with Gasteiger partial charge in [-0.2, -0.15) is 13.5 Å². The van der Waals surface area contributed by atoms with Gasteiger partial charge in [-0.1, -0.05) is 36.1 Å². The zero-order valence-electron chi connectivity index (χ0n) is 25.6. The van der Waals surface area contributed by atoms with E-state index in [0.29, 0.717) is 28.8 Å². The molecule has 14 heteroatoms. The Hall–Kier alpha value is -5.78. The number of nitrogens with one attached hydrogen (secondary N) is 3. The Bertz CT molecular complexity index is 2450. The number of pyridine rings is 1. The van der Waals surface area contributed by atoms with Gasteiger partial charge in [-0.15, -0.1) is 5.10 Å². The van der Waals surface area contributed by atoms with E-state index in [1.54, 1.807) is 34.6 Å². The Morgan fingerprint density at radius 1 is 1.04 bits per heavy atom. The molecule has 1 aliphatic rings. The summed E-state index contributed by atoms with van der Waals surface area (Å²) in [7, 11) is -0.942. The molecule has 0 radical (unpaired) electrons. The maximum Gasteiger partial charge on any atom is 0.300 e. The fourth-order valence-corrected chi connectivity index (χ4v) is 6.62. The molecule has 236 valence electrons. The number of aryl methyl sites for hydroxylation is 3. The largest absolute Gasteiger partial charge is 0.344 e. The first kappa shape index (κ1) is 29.9. The third kappa shape index (κ3) is 5.31. The van der Waals surface area contributed by atoms with Crippen LogP contribution in [0.15, 0.2) is 78.1 Å². The molecule has 2 aromatic carbocycles. The van der Waals surface area contributed by atoms with Gasteiger partial charge in [0.25, 0.3) is 21.7 Å². The number of benzene rings is 2. The lowest BCUT2D eigenvalue weighted by molar-refractivity contribution is 0.0941. The van der Waals surface area contributed by atoms with E-state index in [0.717, 1.165) is 28.5 Å². The van der Waals surface area contributed by atoms with Gasteiger partial charge >= 0.3 is 0 Å². The predicted molar refractivity (Wildman–Crippen MR) is 177 cm³/mol. The van der Waals surface area contributed by atoms with Crippen molar-refractivity contribution >= 4 is 38.4 Å². The summed E-state index contributed by atoms with van der Waals surface area (Å²) in [5.74, 6) is 5.53. The van der Waals surface area contributed by atoms with Crippen LogP contribution in [0.5, 0.6) is 0 Å². The van der Waals surface area contributed by atoms with E-state index in [4.69, 9.17) is 0 Å². The molecular weight excluding hydrogens is 618 g/mol. The van der Waals surface area contributed by atoms with Crippen LogP contribution >= 0.6 is 0 Å². The van der Waals surface area contributed by atoms with Gasteiger partial charge in [-0.05, 0) is 60.5 Å². The number of para-hydroxylation sites is 1. The first-order valence-corrected chi connectivity index (χ1v) is 16.3. The molecular formula is C33H29N9O4S. The maximum absolute atomic E-state index is 14.6. The van der Waals surface area contributed by atoms with Crippen molar-refractivity contribution in [3.63, 3.8) is 0 Å². The van der Waals surface area contributed by atoms with Gasteiger partial charge in [0.05, 0.1) is 28.9 Å². The molecule has 1 amide bonds. The molecule has 7 rings (SSSR count). The second-order valence-electron chi connectivity index (χ2n) is 11.1. The topological polar surface area (TPSA) is 157 Å². The normalized spacial score (nSPS) is 13.0. The lowest BCUT2D eigenvalue weighted by atomic mass is 9.97. The van der Waals surface area contributed by atoms with Crippen LogP contribution in [0, 0.1) is 11.8 Å². The summed E-state index contributed by atoms with van der Waals surface area (Å²) in [5, 5.41) is 12.8. The molecule has 0 fully saturated rings. The van der Waals surface area contributed by atoms with Gasteiger partial charge in [0.15, 0.2) is 11.5 Å². The van der Waals surface area contributed by atoms with E-state index in [2.05, 4.69) is 41.8 Å². The summed E-state index contributed by atoms with van der Waals surface area (Å²) in [4.78, 5) is 32.9. The van der Waals surface area contributed by atoms with Crippen molar-refractivity contribution in [3.05, 3.63) is 117 Å². The van der Waals surface area contributed by atoms with Gasteiger partial charge in [0, 0.05) is 43.9 Å². The number of nitrogens with zero attached hydrogens (tertiary/aromatic N) is 6. The number of hydrogen-bond donors (Lipinski definition) is 3. The summed E-state index contributed by atoms with van der Waals surface area (Å²) >= 11 is 0. The summed E-state index contributed by atoms with van der Waals surface area (Å²) in [6.45, 7) is 1.80. The second kappa shape index (κ2) is 11.5. The minimum absolute atomic E-state index is 0.0595. The molecule has 1 unspecified atom stereocenters. The van der Waals surface area contributed by atoms with Crippen molar-refractivity contribution in [2.75, 3.05) is 11.8 Å². The molecule has 1 atom stereocenters. The Morgan fingerprint density at radius 2 is 1.85 bits per heavy atom. The van der Waals surface area contributed by atoms with Crippen molar-refractivity contribution in [3.8, 4) is 17.5 Å². The van der Waals surface area contributed by atoms with Crippen LogP contribution in [-0.2, 0) is 30.1 Å². The van der Waals surface area contributed by atoms with Gasteiger partial charge in [-0.3, -0.25) is 23.6 Å². The summed E-state index contributed by atoms with van der Waals surface area (Å²) in [5.41, 5.74) is 4.41. The van der Waals surface area contributed by atoms with Gasteiger partial charge in [-0.25, -0.2) is 14.2 Å². The highest BCUT2D eigenvalue weighted by atomic mass is 32.2. The first-order valence-electron chi connectivity index (χ1n) is 14.8. The summed E-state index contributed by atoms with van der Waals surface area (Å²) in [6, 6.07) is 14.1. The molecule has 6 aromatic rings. The molecule has 1 aliphatic carbocycles. The van der Waals surface area contributed by atoms with Crippen molar-refractivity contribution in [2.24, 2.45) is 7.05 Å². The van der Waals surface area contributed by atoms with Crippen LogP contribution in [0.1, 0.15) is 51.3 Å². The summed E-state index contributed by atoms with van der Waals surface area (Å²) in [6.07, 6.45) is 7.91. The molecule has 0 bridgehead atoms. The lowest BCUT2D eigenvalue weighted by Gasteiger charge is -2.24. The molecule has 0 saturated heterocycles. The number of fused-ring (bicyclic) bond motifs is 1. The van der Waals surface area contributed by atoms with Crippen molar-refractivity contribution in [1.82, 2.24) is 39.0 Å². The number of hydrogen-bond acceptors (Lipinski definition) is 7. The highest BCUT2D eigenvalue weighted by Crippen LogP contribution is 2.36. The van der Waals surface area contributed by atoms with Gasteiger partial charge in [0.1, 0.15) is 5.56 Å². The number of anilines is 1. The summed E-state index contributed by atoms with van der Waals surface area (Å²) < 4.78 is 33.9. The van der Waals surface area contributed by atoms with Crippen molar-refractivity contribution in [1.29, 1.82) is 0 Å². The number of carbonyl (C=O) groups is 1. The number of rotatable bonds is 7. The highest BCUT2D eigenvalue weighted by Gasteiger charge is 2.31. The number of amides is 1. The molecule has 13 nitrogen and oxygen atoms in total.